The molecule has 0 aliphatic carbocycles. The lowest BCUT2D eigenvalue weighted by molar-refractivity contribution is -0.138. The van der Waals surface area contributed by atoms with E-state index >= 15 is 0 Å². The summed E-state index contributed by atoms with van der Waals surface area (Å²) in [5, 5.41) is 12.7. The minimum Gasteiger partial charge on any atom is -0.333 e. The van der Waals surface area contributed by atoms with Gasteiger partial charge in [-0.1, -0.05) is 68.3 Å². The second-order valence-electron chi connectivity index (χ2n) is 11.5. The Morgan fingerprint density at radius 1 is 1.17 bits per heavy atom. The average Bonchev–Trinajstić information content (AvgIpc) is 3.47. The molecular formula is C35H36ClF3N6OS. The third-order valence-corrected chi connectivity index (χ3v) is 9.04. The Morgan fingerprint density at radius 2 is 1.87 bits per heavy atom. The number of carbonyl (C=O) groups is 1. The molecule has 246 valence electrons. The number of nitrogens with one attached hydrogen (secondary N) is 1. The second-order valence-corrected chi connectivity index (χ2v) is 12.3. The van der Waals surface area contributed by atoms with Gasteiger partial charge in [0, 0.05) is 42.1 Å². The summed E-state index contributed by atoms with van der Waals surface area (Å²) < 4.78 is 44.0. The number of carbonyl (C=O) groups excluding carboxylic acids is 1. The van der Waals surface area contributed by atoms with Gasteiger partial charge in [0.05, 0.1) is 35.6 Å². The van der Waals surface area contributed by atoms with E-state index in [2.05, 4.69) is 16.4 Å². The first kappa shape index (κ1) is 35.6. The Morgan fingerprint density at radius 3 is 2.51 bits per heavy atom. The van der Waals surface area contributed by atoms with Gasteiger partial charge >= 0.3 is 6.18 Å². The molecule has 3 aromatic carbocycles. The number of alkyl halides is 3. The normalized spacial score (nSPS) is 13.3. The van der Waals surface area contributed by atoms with Gasteiger partial charge in [-0.05, 0) is 72.1 Å². The summed E-state index contributed by atoms with van der Waals surface area (Å²) in [6.45, 7) is 5.82. The number of nitriles is 1. The molecular weight excluding hydrogens is 645 g/mol. The van der Waals surface area contributed by atoms with E-state index in [9.17, 15) is 18.0 Å². The highest BCUT2D eigenvalue weighted by atomic mass is 35.5. The first-order chi connectivity index (χ1) is 22.3. The molecule has 7 nitrogen and oxygen atoms in total. The van der Waals surface area contributed by atoms with E-state index in [0.717, 1.165) is 17.2 Å². The highest BCUT2D eigenvalue weighted by Gasteiger charge is 2.38. The first-order valence-electron chi connectivity index (χ1n) is 15.1. The SMILES string of the molecule is CC[C@H](C)[C@H](C(=O)Cc1cncn1Cc1ccc(C#N)cc1)C(N)N(Cc1ccccc1C(F)(F)F)C(=S)Nc1ccc(C)c(Cl)c1. The van der Waals surface area contributed by atoms with Gasteiger partial charge < -0.3 is 20.5 Å². The molecule has 47 heavy (non-hydrogen) atoms. The molecule has 1 aromatic heterocycles. The molecule has 0 amide bonds. The number of nitrogens with two attached hydrogens (primary N) is 1. The summed E-state index contributed by atoms with van der Waals surface area (Å²) >= 11 is 12.1. The van der Waals surface area contributed by atoms with Crippen molar-refractivity contribution in [3.63, 3.8) is 0 Å². The fourth-order valence-electron chi connectivity index (χ4n) is 5.40. The van der Waals surface area contributed by atoms with Crippen LogP contribution in [0.25, 0.3) is 0 Å². The molecule has 1 unspecified atom stereocenters. The topological polar surface area (TPSA) is 100.0 Å². The number of hydrogen-bond acceptors (Lipinski definition) is 5. The maximum absolute atomic E-state index is 14.1. The van der Waals surface area contributed by atoms with Crippen molar-refractivity contribution in [2.75, 3.05) is 5.32 Å². The zero-order chi connectivity index (χ0) is 34.3. The highest BCUT2D eigenvalue weighted by molar-refractivity contribution is 7.80. The number of imidazole rings is 1. The molecule has 12 heteroatoms. The van der Waals surface area contributed by atoms with Crippen LogP contribution in [0, 0.1) is 30.1 Å². The summed E-state index contributed by atoms with van der Waals surface area (Å²) in [5.41, 5.74) is 9.55. The molecule has 0 aliphatic rings. The van der Waals surface area contributed by atoms with Gasteiger partial charge in [-0.15, -0.1) is 0 Å². The number of rotatable bonds is 12. The van der Waals surface area contributed by atoms with Gasteiger partial charge in [-0.25, -0.2) is 4.98 Å². The lowest BCUT2D eigenvalue weighted by Gasteiger charge is -2.38. The highest BCUT2D eigenvalue weighted by Crippen LogP contribution is 2.34. The van der Waals surface area contributed by atoms with Crippen molar-refractivity contribution in [3.8, 4) is 6.07 Å². The van der Waals surface area contributed by atoms with Crippen LogP contribution in [0.2, 0.25) is 5.02 Å². The van der Waals surface area contributed by atoms with Crippen LogP contribution in [0.1, 0.15) is 53.8 Å². The van der Waals surface area contributed by atoms with Gasteiger partial charge in [-0.3, -0.25) is 4.79 Å². The van der Waals surface area contributed by atoms with Crippen LogP contribution in [0.15, 0.2) is 79.3 Å². The van der Waals surface area contributed by atoms with Crippen molar-refractivity contribution in [3.05, 3.63) is 118 Å². The number of halogens is 4. The molecule has 3 N–H and O–H groups in total. The number of nitrogens with zero attached hydrogens (tertiary/aromatic N) is 4. The number of ketones is 1. The fourth-order valence-corrected chi connectivity index (χ4v) is 5.89. The largest absolute Gasteiger partial charge is 0.416 e. The Hall–Kier alpha value is -4.24. The van der Waals surface area contributed by atoms with E-state index in [4.69, 9.17) is 34.8 Å². The van der Waals surface area contributed by atoms with Crippen LogP contribution in [-0.4, -0.2) is 31.5 Å². The first-order valence-corrected chi connectivity index (χ1v) is 15.9. The monoisotopic (exact) mass is 680 g/mol. The van der Waals surface area contributed by atoms with Gasteiger partial charge in [0.1, 0.15) is 5.78 Å². The predicted molar refractivity (Wildman–Crippen MR) is 182 cm³/mol. The minimum absolute atomic E-state index is 0.000273. The molecule has 0 fully saturated rings. The number of hydrogen-bond donors (Lipinski definition) is 2. The molecule has 4 rings (SSSR count). The Labute approximate surface area is 283 Å². The van der Waals surface area contributed by atoms with Gasteiger partial charge in [0.15, 0.2) is 5.11 Å². The van der Waals surface area contributed by atoms with Crippen molar-refractivity contribution in [1.82, 2.24) is 14.5 Å². The van der Waals surface area contributed by atoms with Crippen LogP contribution in [-0.2, 0) is 30.5 Å². The molecule has 3 atom stereocenters. The van der Waals surface area contributed by atoms with Crippen LogP contribution >= 0.6 is 23.8 Å². The molecule has 0 aliphatic heterocycles. The smallest absolute Gasteiger partial charge is 0.333 e. The maximum Gasteiger partial charge on any atom is 0.416 e. The van der Waals surface area contributed by atoms with Gasteiger partial charge in [0.25, 0.3) is 0 Å². The number of thiocarbonyl (C=S) groups is 1. The van der Waals surface area contributed by atoms with Crippen molar-refractivity contribution in [2.24, 2.45) is 17.6 Å². The molecule has 0 saturated heterocycles. The Kier molecular flexibility index (Phi) is 11.8. The van der Waals surface area contributed by atoms with Gasteiger partial charge in [0.2, 0.25) is 0 Å². The summed E-state index contributed by atoms with van der Waals surface area (Å²) in [4.78, 5) is 19.9. The van der Waals surface area contributed by atoms with Crippen LogP contribution < -0.4 is 11.1 Å². The average molecular weight is 681 g/mol. The van der Waals surface area contributed by atoms with E-state index in [1.807, 2.05) is 37.5 Å². The summed E-state index contributed by atoms with van der Waals surface area (Å²) in [5.74, 6) is -1.22. The van der Waals surface area contributed by atoms with Crippen molar-refractivity contribution < 1.29 is 18.0 Å². The van der Waals surface area contributed by atoms with E-state index in [-0.39, 0.29) is 35.3 Å². The van der Waals surface area contributed by atoms with Crippen LogP contribution in [0.5, 0.6) is 0 Å². The summed E-state index contributed by atoms with van der Waals surface area (Å²) in [7, 11) is 0. The van der Waals surface area contributed by atoms with E-state index in [1.54, 1.807) is 42.9 Å². The number of aryl methyl sites for hydroxylation is 1. The number of aromatic nitrogens is 2. The Bertz CT molecular complexity index is 1750. The van der Waals surface area contributed by atoms with Crippen molar-refractivity contribution >= 4 is 40.4 Å². The molecule has 4 aromatic rings. The van der Waals surface area contributed by atoms with Crippen molar-refractivity contribution in [2.45, 2.75) is 59.0 Å². The zero-order valence-electron chi connectivity index (χ0n) is 26.3. The third kappa shape index (κ3) is 8.98. The number of anilines is 1. The lowest BCUT2D eigenvalue weighted by atomic mass is 9.83. The summed E-state index contributed by atoms with van der Waals surface area (Å²) in [6, 6.07) is 19.7. The quantitative estimate of drug-likeness (QED) is 0.117. The molecule has 0 saturated carbocycles. The number of benzene rings is 3. The molecule has 0 bridgehead atoms. The third-order valence-electron chi connectivity index (χ3n) is 8.29. The standard InChI is InChI=1S/C35H36ClF3N6OS/c1-4-22(2)32(31(46)16-28-18-42-21-44(28)19-25-12-10-24(17-40)11-13-25)33(41)45(20-26-7-5-6-8-29(26)35(37,38)39)34(47)43-27-14-9-23(3)30(36)15-27/h5-15,18,21-22,32-33H,4,16,19-20,41H2,1-3H3,(H,43,47)/t22-,32+,33?/m0/s1. The molecule has 1 heterocycles. The van der Waals surface area contributed by atoms with Crippen molar-refractivity contribution in [1.29, 1.82) is 5.26 Å². The predicted octanol–water partition coefficient (Wildman–Crippen LogP) is 7.74. The van der Waals surface area contributed by atoms with E-state index in [1.165, 1.54) is 23.1 Å². The van der Waals surface area contributed by atoms with Crippen LogP contribution in [0.3, 0.4) is 0 Å². The maximum atomic E-state index is 14.1. The second kappa shape index (κ2) is 15.6. The molecule has 0 spiro atoms. The minimum atomic E-state index is -4.61. The fraction of sp³-hybridized carbons (Fsp3) is 0.314. The Balaban J connectivity index is 1.66. The van der Waals surface area contributed by atoms with E-state index in [0.29, 0.717) is 34.9 Å². The van der Waals surface area contributed by atoms with E-state index < -0.39 is 23.8 Å². The zero-order valence-corrected chi connectivity index (χ0v) is 27.8. The lowest BCUT2D eigenvalue weighted by Crippen LogP contribution is -2.55. The number of Topliss-reactive ketones (excluding diaryl/α,β-unsaturated/α-hetero) is 1. The molecule has 0 radical (unpaired) electrons. The summed E-state index contributed by atoms with van der Waals surface area (Å²) in [6.07, 6.45) is -1.84. The van der Waals surface area contributed by atoms with Gasteiger partial charge in [-0.2, -0.15) is 18.4 Å². The van der Waals surface area contributed by atoms with Crippen LogP contribution in [0.4, 0.5) is 18.9 Å².